The molecule has 5 nitrogen and oxygen atoms in total. The van der Waals surface area contributed by atoms with Gasteiger partial charge in [0.1, 0.15) is 0 Å². The molecule has 0 atom stereocenters. The first-order valence-electron chi connectivity index (χ1n) is 5.62. The Bertz CT molecular complexity index is 631. The number of hydrogen-bond acceptors (Lipinski definition) is 3. The van der Waals surface area contributed by atoms with Crippen molar-refractivity contribution >= 4 is 27.6 Å². The Morgan fingerprint density at radius 3 is 2.48 bits per heavy atom. The topological polar surface area (TPSA) is 83.5 Å². The quantitative estimate of drug-likeness (QED) is 0.776. The smallest absolute Gasteiger partial charge is 0.417 e. The van der Waals surface area contributed by atoms with Gasteiger partial charge in [-0.05, 0) is 24.6 Å². The van der Waals surface area contributed by atoms with E-state index in [1.54, 1.807) is 0 Å². The molecule has 1 aromatic carbocycles. The van der Waals surface area contributed by atoms with Crippen LogP contribution in [0.1, 0.15) is 18.4 Å². The van der Waals surface area contributed by atoms with Gasteiger partial charge in [0.2, 0.25) is 10.0 Å². The molecule has 0 aliphatic heterocycles. The highest BCUT2D eigenvalue weighted by atomic mass is 35.5. The summed E-state index contributed by atoms with van der Waals surface area (Å²) in [6.45, 7) is -0.293. The van der Waals surface area contributed by atoms with Crippen molar-refractivity contribution in [1.82, 2.24) is 4.72 Å². The predicted octanol–water partition coefficient (Wildman–Crippen LogP) is 2.50. The fraction of sp³-hybridized carbons (Fsp3) is 0.364. The number of hydrogen-bond donors (Lipinski definition) is 2. The number of carboxylic acids is 1. The minimum Gasteiger partial charge on any atom is -0.481 e. The van der Waals surface area contributed by atoms with Crippen molar-refractivity contribution in [3.05, 3.63) is 28.8 Å². The zero-order chi connectivity index (χ0) is 16.3. The fourth-order valence-electron chi connectivity index (χ4n) is 1.48. The van der Waals surface area contributed by atoms with Gasteiger partial charge in [0, 0.05) is 18.0 Å². The maximum Gasteiger partial charge on any atom is 0.417 e. The molecule has 10 heteroatoms. The molecule has 0 unspecified atom stereocenters. The number of benzene rings is 1. The molecule has 0 radical (unpaired) electrons. The summed E-state index contributed by atoms with van der Waals surface area (Å²) >= 11 is 5.54. The Balaban J connectivity index is 3.02. The summed E-state index contributed by atoms with van der Waals surface area (Å²) < 4.78 is 64.1. The van der Waals surface area contributed by atoms with Gasteiger partial charge in [-0.25, -0.2) is 13.1 Å². The number of rotatable bonds is 6. The van der Waals surface area contributed by atoms with Crippen LogP contribution in [0.2, 0.25) is 5.02 Å². The molecular formula is C11H11ClF3NO4S. The Morgan fingerprint density at radius 2 is 1.95 bits per heavy atom. The zero-order valence-corrected chi connectivity index (χ0v) is 12.0. The van der Waals surface area contributed by atoms with Gasteiger partial charge in [-0.2, -0.15) is 13.2 Å². The van der Waals surface area contributed by atoms with Crippen LogP contribution < -0.4 is 4.72 Å². The number of carboxylic acid groups (broad SMARTS) is 1. The number of alkyl halides is 3. The summed E-state index contributed by atoms with van der Waals surface area (Å²) in [7, 11) is -4.44. The van der Waals surface area contributed by atoms with E-state index < -0.39 is 32.6 Å². The summed E-state index contributed by atoms with van der Waals surface area (Å²) in [5.74, 6) is -1.13. The minimum absolute atomic E-state index is 0.0452. The molecule has 1 aromatic rings. The molecule has 0 aliphatic carbocycles. The summed E-state index contributed by atoms with van der Waals surface area (Å²) in [4.78, 5) is 9.29. The summed E-state index contributed by atoms with van der Waals surface area (Å²) in [5, 5.41) is 8.25. The molecule has 21 heavy (non-hydrogen) atoms. The minimum atomic E-state index is -4.85. The van der Waals surface area contributed by atoms with Crippen LogP contribution >= 0.6 is 11.6 Å². The first-order chi connectivity index (χ1) is 9.54. The van der Waals surface area contributed by atoms with Crippen LogP contribution in [0.5, 0.6) is 0 Å². The summed E-state index contributed by atoms with van der Waals surface area (Å²) in [6, 6.07) is 2.21. The third-order valence-electron chi connectivity index (χ3n) is 2.40. The second-order valence-corrected chi connectivity index (χ2v) is 6.21. The second-order valence-electron chi connectivity index (χ2n) is 4.03. The molecule has 1 rings (SSSR count). The van der Waals surface area contributed by atoms with E-state index in [0.29, 0.717) is 12.1 Å². The van der Waals surface area contributed by atoms with Gasteiger partial charge >= 0.3 is 12.1 Å². The Kier molecular flexibility index (Phi) is 5.60. The summed E-state index contributed by atoms with van der Waals surface area (Å²) in [5.41, 5.74) is -1.34. The lowest BCUT2D eigenvalue weighted by Crippen LogP contribution is -2.27. The number of aliphatic carboxylic acids is 1. The molecule has 0 aliphatic rings. The Labute approximate surface area is 123 Å². The van der Waals surface area contributed by atoms with Gasteiger partial charge in [-0.3, -0.25) is 4.79 Å². The highest BCUT2D eigenvalue weighted by Gasteiger charge is 2.37. The van der Waals surface area contributed by atoms with E-state index in [-0.39, 0.29) is 24.4 Å². The van der Waals surface area contributed by atoms with Crippen molar-refractivity contribution in [3.63, 3.8) is 0 Å². The number of carbonyl (C=O) groups is 1. The molecule has 0 bridgehead atoms. The van der Waals surface area contributed by atoms with Crippen molar-refractivity contribution in [1.29, 1.82) is 0 Å². The van der Waals surface area contributed by atoms with E-state index in [2.05, 4.69) is 0 Å². The van der Waals surface area contributed by atoms with E-state index in [1.807, 2.05) is 4.72 Å². The maximum absolute atomic E-state index is 12.8. The molecule has 0 amide bonds. The molecular weight excluding hydrogens is 335 g/mol. The molecule has 0 fully saturated rings. The molecule has 2 N–H and O–H groups in total. The van der Waals surface area contributed by atoms with Gasteiger partial charge in [0.15, 0.2) is 0 Å². The highest BCUT2D eigenvalue weighted by molar-refractivity contribution is 7.89. The number of sulfonamides is 1. The normalized spacial score (nSPS) is 12.4. The first-order valence-corrected chi connectivity index (χ1v) is 7.48. The van der Waals surface area contributed by atoms with E-state index in [0.717, 1.165) is 6.07 Å². The van der Waals surface area contributed by atoms with Crippen LogP contribution in [0, 0.1) is 0 Å². The van der Waals surface area contributed by atoms with Crippen LogP contribution in [0.4, 0.5) is 13.2 Å². The molecule has 0 heterocycles. The largest absolute Gasteiger partial charge is 0.481 e. The van der Waals surface area contributed by atoms with E-state index in [9.17, 15) is 26.4 Å². The summed E-state index contributed by atoms with van der Waals surface area (Å²) in [6.07, 6.45) is -5.20. The van der Waals surface area contributed by atoms with Crippen LogP contribution in [0.15, 0.2) is 23.1 Å². The zero-order valence-electron chi connectivity index (χ0n) is 10.4. The van der Waals surface area contributed by atoms with Gasteiger partial charge in [-0.15, -0.1) is 0 Å². The average molecular weight is 346 g/mol. The van der Waals surface area contributed by atoms with Gasteiger partial charge in [0.05, 0.1) is 10.5 Å². The van der Waals surface area contributed by atoms with Gasteiger partial charge in [0.25, 0.3) is 0 Å². The van der Waals surface area contributed by atoms with Gasteiger partial charge in [-0.1, -0.05) is 11.6 Å². The lowest BCUT2D eigenvalue weighted by Gasteiger charge is -2.14. The van der Waals surface area contributed by atoms with Gasteiger partial charge < -0.3 is 5.11 Å². The van der Waals surface area contributed by atoms with Crippen molar-refractivity contribution in [2.75, 3.05) is 6.54 Å². The number of nitrogens with one attached hydrogen (secondary N) is 1. The van der Waals surface area contributed by atoms with E-state index in [1.165, 1.54) is 0 Å². The standard InChI is InChI=1S/C11H11ClF3NO4S/c12-7-3-4-8(11(13,14)15)9(6-7)21(19,20)16-5-1-2-10(17)18/h3-4,6,16H,1-2,5H2,(H,17,18). The van der Waals surface area contributed by atoms with E-state index in [4.69, 9.17) is 16.7 Å². The molecule has 0 saturated heterocycles. The monoisotopic (exact) mass is 345 g/mol. The first kappa shape index (κ1) is 17.7. The molecule has 0 saturated carbocycles. The Hall–Kier alpha value is -1.32. The molecule has 118 valence electrons. The van der Waals surface area contributed by atoms with Crippen molar-refractivity contribution < 1.29 is 31.5 Å². The third kappa shape index (κ3) is 5.18. The number of halogens is 4. The third-order valence-corrected chi connectivity index (χ3v) is 4.13. The SMILES string of the molecule is O=C(O)CCCNS(=O)(=O)c1cc(Cl)ccc1C(F)(F)F. The predicted molar refractivity (Wildman–Crippen MR) is 68.5 cm³/mol. The van der Waals surface area contributed by atoms with E-state index >= 15 is 0 Å². The van der Waals surface area contributed by atoms with Crippen LogP contribution in [-0.2, 0) is 21.0 Å². The van der Waals surface area contributed by atoms with Crippen LogP contribution in [0.3, 0.4) is 0 Å². The van der Waals surface area contributed by atoms with Crippen LogP contribution in [-0.4, -0.2) is 26.0 Å². The van der Waals surface area contributed by atoms with Crippen LogP contribution in [0.25, 0.3) is 0 Å². The maximum atomic E-state index is 12.8. The average Bonchev–Trinajstić information content (AvgIpc) is 2.33. The second kappa shape index (κ2) is 6.63. The lowest BCUT2D eigenvalue weighted by atomic mass is 10.2. The fourth-order valence-corrected chi connectivity index (χ4v) is 3.04. The Morgan fingerprint density at radius 1 is 1.33 bits per heavy atom. The molecule has 0 aromatic heterocycles. The highest BCUT2D eigenvalue weighted by Crippen LogP contribution is 2.35. The van der Waals surface area contributed by atoms with Crippen molar-refractivity contribution in [3.8, 4) is 0 Å². The molecule has 0 spiro atoms. The van der Waals surface area contributed by atoms with Crippen molar-refractivity contribution in [2.24, 2.45) is 0 Å². The lowest BCUT2D eigenvalue weighted by molar-refractivity contribution is -0.140. The van der Waals surface area contributed by atoms with Crippen molar-refractivity contribution in [2.45, 2.75) is 23.9 Å².